The van der Waals surface area contributed by atoms with E-state index in [2.05, 4.69) is 15.2 Å². The lowest BCUT2D eigenvalue weighted by Crippen LogP contribution is -2.34. The molecule has 1 aromatic heterocycles. The minimum atomic E-state index is -5.00. The molecule has 3 rings (SSSR count). The molecule has 1 aliphatic heterocycles. The number of alkyl halides is 6. The van der Waals surface area contributed by atoms with E-state index in [9.17, 15) is 31.1 Å². The van der Waals surface area contributed by atoms with Crippen molar-refractivity contribution in [3.8, 4) is 5.75 Å². The highest BCUT2D eigenvalue weighted by atomic mass is 19.4. The lowest BCUT2D eigenvalue weighted by molar-refractivity contribution is -0.274. The minimum Gasteiger partial charge on any atom is -0.403 e. The Bertz CT molecular complexity index is 991. The number of carbonyl (C=O) groups excluding carboxylic acids is 1. The second-order valence-corrected chi connectivity index (χ2v) is 8.68. The first-order valence-corrected chi connectivity index (χ1v) is 9.69. The fraction of sp³-hybridized carbons (Fsp3) is 0.500. The van der Waals surface area contributed by atoms with Crippen LogP contribution in [0.1, 0.15) is 38.6 Å². The molecule has 1 amide bonds. The van der Waals surface area contributed by atoms with Gasteiger partial charge in [-0.25, -0.2) is 0 Å². The predicted molar refractivity (Wildman–Crippen MR) is 104 cm³/mol. The van der Waals surface area contributed by atoms with E-state index in [1.807, 2.05) is 20.8 Å². The van der Waals surface area contributed by atoms with Crippen LogP contribution in [-0.2, 0) is 24.1 Å². The average molecular weight is 464 g/mol. The average Bonchev–Trinajstić information content (AvgIpc) is 3.04. The first-order chi connectivity index (χ1) is 14.6. The van der Waals surface area contributed by atoms with E-state index in [4.69, 9.17) is 0 Å². The van der Waals surface area contributed by atoms with Crippen molar-refractivity contribution >= 4 is 17.3 Å². The van der Waals surface area contributed by atoms with E-state index in [1.165, 1.54) is 16.8 Å². The van der Waals surface area contributed by atoms with Crippen LogP contribution in [0, 0.1) is 5.41 Å². The van der Waals surface area contributed by atoms with Crippen LogP contribution in [0.2, 0.25) is 0 Å². The van der Waals surface area contributed by atoms with Gasteiger partial charge in [-0.15, -0.1) is 13.2 Å². The third-order valence-corrected chi connectivity index (χ3v) is 4.61. The molecule has 12 heteroatoms. The van der Waals surface area contributed by atoms with Crippen LogP contribution in [0.15, 0.2) is 24.3 Å². The van der Waals surface area contributed by atoms with Gasteiger partial charge in [-0.1, -0.05) is 20.8 Å². The summed E-state index contributed by atoms with van der Waals surface area (Å²) in [4.78, 5) is 13.8. The number of halogens is 6. The molecule has 0 saturated carbocycles. The van der Waals surface area contributed by atoms with Crippen molar-refractivity contribution in [2.45, 2.75) is 52.8 Å². The highest BCUT2D eigenvalue weighted by Gasteiger charge is 2.36. The monoisotopic (exact) mass is 464 g/mol. The Morgan fingerprint density at radius 3 is 2.38 bits per heavy atom. The molecule has 0 spiro atoms. The fourth-order valence-corrected chi connectivity index (χ4v) is 3.32. The summed E-state index contributed by atoms with van der Waals surface area (Å²) in [5.74, 6) is -1.08. The fourth-order valence-electron chi connectivity index (χ4n) is 3.32. The summed E-state index contributed by atoms with van der Waals surface area (Å²) in [5.41, 5.74) is -0.959. The standard InChI is InChI=1S/C20H22F6N4O2/c1-18(2,3)10-17(31)27-14-5-4-12(8-15(14)32-20(24,25)26)29-6-7-30-13(11-29)9-16(28-30)19(21,22)23/h4-5,8-9H,6-7,10-11H2,1-3H3,(H,27,31). The SMILES string of the molecule is CC(C)(C)CC(=O)Nc1ccc(N2CCn3nc(C(F)(F)F)cc3C2)cc1OC(F)(F)F. The van der Waals surface area contributed by atoms with Crippen molar-refractivity contribution in [1.82, 2.24) is 9.78 Å². The number of amides is 1. The first-order valence-electron chi connectivity index (χ1n) is 9.69. The number of carbonyl (C=O) groups is 1. The molecule has 1 N–H and O–H groups in total. The van der Waals surface area contributed by atoms with Gasteiger partial charge in [0.25, 0.3) is 0 Å². The topological polar surface area (TPSA) is 59.4 Å². The molecule has 1 aliphatic rings. The van der Waals surface area contributed by atoms with Gasteiger partial charge in [-0.2, -0.15) is 18.3 Å². The summed E-state index contributed by atoms with van der Waals surface area (Å²) >= 11 is 0. The lowest BCUT2D eigenvalue weighted by Gasteiger charge is -2.30. The van der Waals surface area contributed by atoms with Crippen LogP contribution < -0.4 is 15.0 Å². The Kier molecular flexibility index (Phi) is 6.09. The van der Waals surface area contributed by atoms with Gasteiger partial charge in [0.05, 0.1) is 24.5 Å². The van der Waals surface area contributed by atoms with E-state index in [1.54, 1.807) is 4.90 Å². The van der Waals surface area contributed by atoms with Gasteiger partial charge in [0.2, 0.25) is 5.91 Å². The largest absolute Gasteiger partial charge is 0.573 e. The summed E-state index contributed by atoms with van der Waals surface area (Å²) in [6, 6.07) is 4.79. The van der Waals surface area contributed by atoms with E-state index < -0.39 is 29.9 Å². The van der Waals surface area contributed by atoms with Crippen molar-refractivity contribution in [1.29, 1.82) is 0 Å². The Morgan fingerprint density at radius 2 is 1.78 bits per heavy atom. The minimum absolute atomic E-state index is 0.0181. The van der Waals surface area contributed by atoms with Crippen molar-refractivity contribution in [3.63, 3.8) is 0 Å². The van der Waals surface area contributed by atoms with Gasteiger partial charge in [-0.05, 0) is 23.6 Å². The van der Waals surface area contributed by atoms with Crippen LogP contribution in [0.3, 0.4) is 0 Å². The van der Waals surface area contributed by atoms with Gasteiger partial charge >= 0.3 is 12.5 Å². The normalized spacial score (nSPS) is 14.8. The first kappa shape index (κ1) is 23.7. The molecule has 2 heterocycles. The number of rotatable bonds is 4. The van der Waals surface area contributed by atoms with Gasteiger partial charge in [0.15, 0.2) is 11.4 Å². The van der Waals surface area contributed by atoms with Crippen molar-refractivity contribution in [2.75, 3.05) is 16.8 Å². The van der Waals surface area contributed by atoms with E-state index >= 15 is 0 Å². The summed E-state index contributed by atoms with van der Waals surface area (Å²) < 4.78 is 82.9. The Balaban J connectivity index is 1.85. The molecule has 0 radical (unpaired) electrons. The molecule has 0 saturated heterocycles. The summed E-state index contributed by atoms with van der Waals surface area (Å²) in [7, 11) is 0. The molecule has 0 bridgehead atoms. The smallest absolute Gasteiger partial charge is 0.403 e. The van der Waals surface area contributed by atoms with Gasteiger partial charge in [-0.3, -0.25) is 9.48 Å². The Morgan fingerprint density at radius 1 is 1.09 bits per heavy atom. The quantitative estimate of drug-likeness (QED) is 0.633. The van der Waals surface area contributed by atoms with Crippen LogP contribution >= 0.6 is 0 Å². The summed E-state index contributed by atoms with van der Waals surface area (Å²) in [5, 5.41) is 5.97. The van der Waals surface area contributed by atoms with Crippen LogP contribution in [-0.4, -0.2) is 28.6 Å². The number of aromatic nitrogens is 2. The second kappa shape index (κ2) is 8.21. The number of benzene rings is 1. The van der Waals surface area contributed by atoms with Crippen molar-refractivity contribution in [2.24, 2.45) is 5.41 Å². The zero-order valence-electron chi connectivity index (χ0n) is 17.6. The third-order valence-electron chi connectivity index (χ3n) is 4.61. The molecule has 0 fully saturated rings. The molecule has 0 atom stereocenters. The number of ether oxygens (including phenoxy) is 1. The number of fused-ring (bicyclic) bond motifs is 1. The maximum absolute atomic E-state index is 12.9. The number of hydrogen-bond acceptors (Lipinski definition) is 4. The molecular weight excluding hydrogens is 442 g/mol. The third kappa shape index (κ3) is 6.07. The highest BCUT2D eigenvalue weighted by molar-refractivity contribution is 5.93. The number of nitrogens with zero attached hydrogens (tertiary/aromatic N) is 3. The van der Waals surface area contributed by atoms with Crippen molar-refractivity contribution < 1.29 is 35.9 Å². The molecule has 0 unspecified atom stereocenters. The van der Waals surface area contributed by atoms with E-state index in [0.717, 1.165) is 12.1 Å². The predicted octanol–water partition coefficient (Wildman–Crippen LogP) is 5.20. The molecule has 176 valence electrons. The molecule has 1 aromatic carbocycles. The number of hydrogen-bond donors (Lipinski definition) is 1. The molecule has 32 heavy (non-hydrogen) atoms. The summed E-state index contributed by atoms with van der Waals surface area (Å²) in [6.07, 6.45) is -9.50. The van der Waals surface area contributed by atoms with Gasteiger partial charge < -0.3 is 15.0 Å². The number of anilines is 2. The number of nitrogens with one attached hydrogen (secondary N) is 1. The van der Waals surface area contributed by atoms with E-state index in [0.29, 0.717) is 5.69 Å². The second-order valence-electron chi connectivity index (χ2n) is 8.68. The van der Waals surface area contributed by atoms with Crippen LogP contribution in [0.25, 0.3) is 0 Å². The van der Waals surface area contributed by atoms with Crippen LogP contribution in [0.4, 0.5) is 37.7 Å². The Hall–Kier alpha value is -2.92. The van der Waals surface area contributed by atoms with Crippen molar-refractivity contribution in [3.05, 3.63) is 35.7 Å². The lowest BCUT2D eigenvalue weighted by atomic mass is 9.92. The highest BCUT2D eigenvalue weighted by Crippen LogP contribution is 2.36. The molecule has 2 aromatic rings. The maximum Gasteiger partial charge on any atom is 0.573 e. The summed E-state index contributed by atoms with van der Waals surface area (Å²) in [6.45, 7) is 5.82. The van der Waals surface area contributed by atoms with Gasteiger partial charge in [0, 0.05) is 24.7 Å². The van der Waals surface area contributed by atoms with Gasteiger partial charge in [0.1, 0.15) is 0 Å². The van der Waals surface area contributed by atoms with Crippen LogP contribution in [0.5, 0.6) is 5.75 Å². The zero-order valence-corrected chi connectivity index (χ0v) is 17.6. The zero-order chi connectivity index (χ0) is 23.9. The molecule has 0 aliphatic carbocycles. The van der Waals surface area contributed by atoms with E-state index in [-0.39, 0.29) is 42.9 Å². The molecule has 6 nitrogen and oxygen atoms in total. The maximum atomic E-state index is 12.9. The Labute approximate surface area is 180 Å². The molecular formula is C20H22F6N4O2.